The van der Waals surface area contributed by atoms with Crippen molar-refractivity contribution in [1.29, 1.82) is 0 Å². The Morgan fingerprint density at radius 1 is 1.10 bits per heavy atom. The van der Waals surface area contributed by atoms with E-state index in [0.717, 1.165) is 37.7 Å². The Morgan fingerprint density at radius 2 is 1.83 bits per heavy atom. The Kier molecular flexibility index (Phi) is 9.86. The molecule has 4 rings (SSSR count). The van der Waals surface area contributed by atoms with Crippen molar-refractivity contribution in [3.05, 3.63) is 90.0 Å². The topological polar surface area (TPSA) is 109 Å². The first-order chi connectivity index (χ1) is 19.6. The number of allylic oxidation sites excluding steroid dienone is 2. The summed E-state index contributed by atoms with van der Waals surface area (Å²) >= 11 is 0. The molecule has 1 aromatic heterocycles. The number of aromatic nitrogens is 1. The van der Waals surface area contributed by atoms with Crippen LogP contribution in [0.3, 0.4) is 0 Å². The largest absolute Gasteiger partial charge is 0.494 e. The maximum absolute atomic E-state index is 13.3. The van der Waals surface area contributed by atoms with Crippen LogP contribution in [0.4, 0.5) is 4.79 Å². The van der Waals surface area contributed by atoms with Crippen molar-refractivity contribution in [3.8, 4) is 0 Å². The molecule has 41 heavy (non-hydrogen) atoms. The third kappa shape index (κ3) is 7.97. The van der Waals surface area contributed by atoms with Crippen LogP contribution in [-0.4, -0.2) is 57.0 Å². The van der Waals surface area contributed by atoms with Gasteiger partial charge in [-0.2, -0.15) is 0 Å². The molecule has 2 aliphatic rings. The van der Waals surface area contributed by atoms with Crippen molar-refractivity contribution in [1.82, 2.24) is 9.88 Å². The summed E-state index contributed by atoms with van der Waals surface area (Å²) in [6, 6.07) is 13.4. The number of aliphatic carboxylic acids is 1. The summed E-state index contributed by atoms with van der Waals surface area (Å²) < 4.78 is 12.2. The zero-order chi connectivity index (χ0) is 29.5. The molecule has 1 aromatic carbocycles. The van der Waals surface area contributed by atoms with Crippen LogP contribution in [0.5, 0.6) is 0 Å². The maximum Gasteiger partial charge on any atom is 0.410 e. The number of hydrogen-bond donors (Lipinski definition) is 2. The van der Waals surface area contributed by atoms with Crippen LogP contribution in [0, 0.1) is 5.41 Å². The lowest BCUT2D eigenvalue weighted by molar-refractivity contribution is -0.147. The van der Waals surface area contributed by atoms with E-state index in [1.807, 2.05) is 42.5 Å². The average molecular weight is 563 g/mol. The second-order valence-corrected chi connectivity index (χ2v) is 12.0. The third-order valence-corrected chi connectivity index (χ3v) is 7.66. The molecule has 0 aliphatic heterocycles. The summed E-state index contributed by atoms with van der Waals surface area (Å²) in [6.07, 6.45) is 12.1. The van der Waals surface area contributed by atoms with Gasteiger partial charge in [-0.1, -0.05) is 55.0 Å². The normalized spacial score (nSPS) is 22.0. The monoisotopic (exact) mass is 562 g/mol. The molecule has 0 radical (unpaired) electrons. The number of hydrogen-bond acceptors (Lipinski definition) is 6. The SMILES string of the molecule is CC(C)(C)OC(=O)N(CCC1(C(=O)O)C=CC(c2ccccc2)C=C1OC1CCCCC1)C[C@H](O)c1cccnc1. The Morgan fingerprint density at radius 3 is 2.46 bits per heavy atom. The summed E-state index contributed by atoms with van der Waals surface area (Å²) in [5.74, 6) is -0.763. The molecule has 0 spiro atoms. The Labute approximate surface area is 242 Å². The van der Waals surface area contributed by atoms with E-state index in [1.165, 1.54) is 4.90 Å². The maximum atomic E-state index is 13.3. The van der Waals surface area contributed by atoms with Crippen molar-refractivity contribution in [2.45, 2.75) is 83.0 Å². The number of ether oxygens (including phenoxy) is 2. The van der Waals surface area contributed by atoms with Crippen LogP contribution in [-0.2, 0) is 14.3 Å². The molecule has 1 heterocycles. The lowest BCUT2D eigenvalue weighted by Gasteiger charge is -2.38. The van der Waals surface area contributed by atoms with Gasteiger partial charge in [-0.15, -0.1) is 0 Å². The number of rotatable bonds is 10. The third-order valence-electron chi connectivity index (χ3n) is 7.66. The highest BCUT2D eigenvalue weighted by atomic mass is 16.6. The van der Waals surface area contributed by atoms with Gasteiger partial charge >= 0.3 is 12.1 Å². The lowest BCUT2D eigenvalue weighted by atomic mass is 9.75. The predicted octanol–water partition coefficient (Wildman–Crippen LogP) is 6.40. The van der Waals surface area contributed by atoms with E-state index >= 15 is 0 Å². The molecule has 1 amide bonds. The van der Waals surface area contributed by atoms with Gasteiger partial charge in [0.1, 0.15) is 16.8 Å². The number of carbonyl (C=O) groups excluding carboxylic acids is 1. The summed E-state index contributed by atoms with van der Waals surface area (Å²) in [5.41, 5.74) is -0.634. The zero-order valence-electron chi connectivity index (χ0n) is 24.2. The minimum Gasteiger partial charge on any atom is -0.494 e. The highest BCUT2D eigenvalue weighted by Gasteiger charge is 2.45. The molecular weight excluding hydrogens is 520 g/mol. The van der Waals surface area contributed by atoms with Gasteiger partial charge < -0.3 is 24.6 Å². The van der Waals surface area contributed by atoms with Gasteiger partial charge in [0.15, 0.2) is 0 Å². The van der Waals surface area contributed by atoms with Crippen molar-refractivity contribution in [3.63, 3.8) is 0 Å². The number of amides is 1. The fraction of sp³-hybridized carbons (Fsp3) is 0.485. The summed E-state index contributed by atoms with van der Waals surface area (Å²) in [6.45, 7) is 5.27. The van der Waals surface area contributed by atoms with E-state index in [1.54, 1.807) is 51.4 Å². The second-order valence-electron chi connectivity index (χ2n) is 12.0. The van der Waals surface area contributed by atoms with Crippen LogP contribution in [0.25, 0.3) is 0 Å². The molecule has 0 bridgehead atoms. The van der Waals surface area contributed by atoms with Gasteiger partial charge in [0, 0.05) is 30.4 Å². The number of carbonyl (C=O) groups is 2. The first-order valence-electron chi connectivity index (χ1n) is 14.5. The zero-order valence-corrected chi connectivity index (χ0v) is 24.2. The van der Waals surface area contributed by atoms with Crippen LogP contribution in [0.1, 0.15) is 82.4 Å². The number of benzene rings is 1. The van der Waals surface area contributed by atoms with E-state index in [-0.39, 0.29) is 31.5 Å². The summed E-state index contributed by atoms with van der Waals surface area (Å²) in [4.78, 5) is 31.8. The molecule has 0 saturated heterocycles. The molecule has 1 saturated carbocycles. The summed E-state index contributed by atoms with van der Waals surface area (Å²) in [7, 11) is 0. The number of carboxylic acid groups (broad SMARTS) is 1. The van der Waals surface area contributed by atoms with Crippen molar-refractivity contribution in [2.24, 2.45) is 5.41 Å². The fourth-order valence-corrected chi connectivity index (χ4v) is 5.38. The highest BCUT2D eigenvalue weighted by molar-refractivity contribution is 5.81. The van der Waals surface area contributed by atoms with E-state index in [0.29, 0.717) is 11.3 Å². The minimum atomic E-state index is -1.47. The van der Waals surface area contributed by atoms with Gasteiger partial charge in [0.25, 0.3) is 0 Å². The van der Waals surface area contributed by atoms with Crippen LogP contribution >= 0.6 is 0 Å². The van der Waals surface area contributed by atoms with Crippen LogP contribution in [0.2, 0.25) is 0 Å². The van der Waals surface area contributed by atoms with Crippen molar-refractivity contribution >= 4 is 12.1 Å². The van der Waals surface area contributed by atoms with Crippen LogP contribution < -0.4 is 0 Å². The minimum absolute atomic E-state index is 0.0320. The Balaban J connectivity index is 1.63. The van der Waals surface area contributed by atoms with E-state index in [2.05, 4.69) is 4.98 Å². The quantitative estimate of drug-likeness (QED) is 0.323. The Hall–Kier alpha value is -3.65. The molecule has 2 N–H and O–H groups in total. The average Bonchev–Trinajstić information content (AvgIpc) is 2.96. The van der Waals surface area contributed by atoms with Gasteiger partial charge in [-0.25, -0.2) is 4.79 Å². The fourth-order valence-electron chi connectivity index (χ4n) is 5.38. The molecule has 220 valence electrons. The first kappa shape index (κ1) is 30.3. The number of aliphatic hydroxyl groups is 1. The number of nitrogens with zero attached hydrogens (tertiary/aromatic N) is 2. The molecule has 3 atom stereocenters. The predicted molar refractivity (Wildman–Crippen MR) is 156 cm³/mol. The van der Waals surface area contributed by atoms with E-state index in [4.69, 9.17) is 9.47 Å². The molecular formula is C33H42N2O6. The summed E-state index contributed by atoms with van der Waals surface area (Å²) in [5, 5.41) is 21.6. The van der Waals surface area contributed by atoms with E-state index < -0.39 is 29.2 Å². The molecule has 2 aromatic rings. The lowest BCUT2D eigenvalue weighted by Crippen LogP contribution is -2.44. The smallest absolute Gasteiger partial charge is 0.410 e. The van der Waals surface area contributed by atoms with Gasteiger partial charge in [-0.3, -0.25) is 9.78 Å². The van der Waals surface area contributed by atoms with Crippen molar-refractivity contribution < 1.29 is 29.3 Å². The molecule has 8 nitrogen and oxygen atoms in total. The van der Waals surface area contributed by atoms with Crippen molar-refractivity contribution in [2.75, 3.05) is 13.1 Å². The van der Waals surface area contributed by atoms with E-state index in [9.17, 15) is 19.8 Å². The second kappa shape index (κ2) is 13.3. The number of aliphatic hydroxyl groups excluding tert-OH is 1. The molecule has 1 fully saturated rings. The number of pyridine rings is 1. The van der Waals surface area contributed by atoms with Gasteiger partial charge in [0.2, 0.25) is 0 Å². The molecule has 2 unspecified atom stereocenters. The highest BCUT2D eigenvalue weighted by Crippen LogP contribution is 2.43. The van der Waals surface area contributed by atoms with Crippen LogP contribution in [0.15, 0.2) is 78.8 Å². The van der Waals surface area contributed by atoms with Gasteiger partial charge in [-0.05, 0) is 70.6 Å². The first-order valence-corrected chi connectivity index (χ1v) is 14.5. The molecule has 2 aliphatic carbocycles. The molecule has 8 heteroatoms. The standard InChI is InChI=1S/C33H42N2O6/c1-32(2,3)41-31(39)35(23-28(36)26-13-10-19-34-22-26)20-18-33(30(37)38)17-16-25(24-11-6-4-7-12-24)21-29(33)40-27-14-8-5-9-15-27/h4,6-7,10-13,16-17,19,21-22,25,27-28,36H,5,8-9,14-15,18,20,23H2,1-3H3,(H,37,38)/t25?,28-,33?/m0/s1. The number of carboxylic acids is 1. The van der Waals surface area contributed by atoms with Gasteiger partial charge in [0.05, 0.1) is 18.8 Å². The Bertz CT molecular complexity index is 1220.